The summed E-state index contributed by atoms with van der Waals surface area (Å²) in [5.41, 5.74) is 0.497. The summed E-state index contributed by atoms with van der Waals surface area (Å²) in [7, 11) is 2.18. The molecule has 2 rings (SSSR count). The van der Waals surface area contributed by atoms with Crippen LogP contribution < -0.4 is 0 Å². The van der Waals surface area contributed by atoms with Crippen molar-refractivity contribution in [2.75, 3.05) is 33.2 Å². The molecule has 80 valence electrons. The van der Waals surface area contributed by atoms with Gasteiger partial charge in [0.15, 0.2) is 0 Å². The summed E-state index contributed by atoms with van der Waals surface area (Å²) in [5, 5.41) is 0. The second-order valence-electron chi connectivity index (χ2n) is 4.91. The first kappa shape index (κ1) is 9.97. The lowest BCUT2D eigenvalue weighted by Gasteiger charge is -2.53. The summed E-state index contributed by atoms with van der Waals surface area (Å²) in [6.07, 6.45) is 3.21. The number of amides is 1. The van der Waals surface area contributed by atoms with Crippen molar-refractivity contribution in [2.45, 2.75) is 26.2 Å². The molecule has 0 aromatic carbocycles. The zero-order valence-corrected chi connectivity index (χ0v) is 9.25. The van der Waals surface area contributed by atoms with Crippen molar-refractivity contribution in [1.82, 2.24) is 9.80 Å². The zero-order valence-electron chi connectivity index (χ0n) is 9.25. The topological polar surface area (TPSA) is 23.6 Å². The second-order valence-corrected chi connectivity index (χ2v) is 4.91. The molecule has 2 aliphatic rings. The van der Waals surface area contributed by atoms with Crippen LogP contribution in [-0.2, 0) is 4.79 Å². The summed E-state index contributed by atoms with van der Waals surface area (Å²) in [6.45, 7) is 6.39. The Kier molecular flexibility index (Phi) is 2.52. The van der Waals surface area contributed by atoms with E-state index < -0.39 is 0 Å². The van der Waals surface area contributed by atoms with Crippen LogP contribution in [0, 0.1) is 5.41 Å². The Bertz CT molecular complexity index is 223. The van der Waals surface area contributed by atoms with Gasteiger partial charge in [-0.3, -0.25) is 4.79 Å². The number of likely N-dealkylation sites (tertiary alicyclic amines) is 2. The highest BCUT2D eigenvalue weighted by molar-refractivity contribution is 5.76. The van der Waals surface area contributed by atoms with Gasteiger partial charge in [0.1, 0.15) is 0 Å². The third kappa shape index (κ3) is 1.65. The molecule has 1 spiro atoms. The van der Waals surface area contributed by atoms with Crippen LogP contribution in [0.25, 0.3) is 0 Å². The molecule has 3 nitrogen and oxygen atoms in total. The molecule has 3 heteroatoms. The molecule has 1 amide bonds. The molecule has 2 aliphatic heterocycles. The molecule has 14 heavy (non-hydrogen) atoms. The van der Waals surface area contributed by atoms with Crippen LogP contribution in [0.1, 0.15) is 26.2 Å². The monoisotopic (exact) mass is 196 g/mol. The third-order valence-corrected chi connectivity index (χ3v) is 3.76. The molecular weight excluding hydrogens is 176 g/mol. The standard InChI is InChI=1S/C11H20N2O/c1-3-10(14)13-8-11(9-13)4-6-12(2)7-5-11/h3-9H2,1-2H3. The molecule has 0 aromatic heterocycles. The van der Waals surface area contributed by atoms with Crippen LogP contribution in [0.5, 0.6) is 0 Å². The molecule has 2 saturated heterocycles. The Hall–Kier alpha value is -0.570. The predicted octanol–water partition coefficient (Wildman–Crippen LogP) is 0.951. The van der Waals surface area contributed by atoms with Crippen LogP contribution in [0.4, 0.5) is 0 Å². The van der Waals surface area contributed by atoms with E-state index in [2.05, 4.69) is 11.9 Å². The number of hydrogen-bond donors (Lipinski definition) is 0. The minimum Gasteiger partial charge on any atom is -0.341 e. The highest BCUT2D eigenvalue weighted by Gasteiger charge is 2.45. The number of carbonyl (C=O) groups is 1. The first-order valence-corrected chi connectivity index (χ1v) is 5.61. The number of rotatable bonds is 1. The maximum atomic E-state index is 11.4. The van der Waals surface area contributed by atoms with Gasteiger partial charge < -0.3 is 9.80 Å². The summed E-state index contributed by atoms with van der Waals surface area (Å²) >= 11 is 0. The van der Waals surface area contributed by atoms with E-state index in [4.69, 9.17) is 0 Å². The highest BCUT2D eigenvalue weighted by Crippen LogP contribution is 2.40. The van der Waals surface area contributed by atoms with Crippen LogP contribution >= 0.6 is 0 Å². The molecule has 0 N–H and O–H groups in total. The molecular formula is C11H20N2O. The first-order valence-electron chi connectivity index (χ1n) is 5.61. The van der Waals surface area contributed by atoms with Gasteiger partial charge in [-0.25, -0.2) is 0 Å². The lowest BCUT2D eigenvalue weighted by Crippen LogP contribution is -2.61. The van der Waals surface area contributed by atoms with Crippen LogP contribution in [0.3, 0.4) is 0 Å². The van der Waals surface area contributed by atoms with E-state index in [1.54, 1.807) is 0 Å². The fraction of sp³-hybridized carbons (Fsp3) is 0.909. The quantitative estimate of drug-likeness (QED) is 0.623. The minimum atomic E-state index is 0.328. The largest absolute Gasteiger partial charge is 0.341 e. The van der Waals surface area contributed by atoms with E-state index in [1.807, 2.05) is 11.8 Å². The molecule has 0 atom stereocenters. The summed E-state index contributed by atoms with van der Waals surface area (Å²) < 4.78 is 0. The van der Waals surface area contributed by atoms with Gasteiger partial charge in [0, 0.05) is 24.9 Å². The fourth-order valence-corrected chi connectivity index (χ4v) is 2.57. The van der Waals surface area contributed by atoms with Gasteiger partial charge in [-0.1, -0.05) is 6.92 Å². The van der Waals surface area contributed by atoms with Crippen molar-refractivity contribution < 1.29 is 4.79 Å². The van der Waals surface area contributed by atoms with Crippen molar-refractivity contribution in [3.05, 3.63) is 0 Å². The maximum Gasteiger partial charge on any atom is 0.222 e. The van der Waals surface area contributed by atoms with E-state index in [0.29, 0.717) is 17.7 Å². The number of piperidine rings is 1. The average molecular weight is 196 g/mol. The SMILES string of the molecule is CCC(=O)N1CC2(CCN(C)CC2)C1. The normalized spacial score (nSPS) is 26.3. The molecule has 0 saturated carbocycles. The molecule has 0 radical (unpaired) electrons. The zero-order chi connectivity index (χ0) is 10.2. The molecule has 2 fully saturated rings. The van der Waals surface area contributed by atoms with Crippen LogP contribution in [0.2, 0.25) is 0 Å². The van der Waals surface area contributed by atoms with Crippen LogP contribution in [-0.4, -0.2) is 48.9 Å². The molecule has 0 aromatic rings. The van der Waals surface area contributed by atoms with E-state index in [1.165, 1.54) is 25.9 Å². The first-order chi connectivity index (χ1) is 6.65. The van der Waals surface area contributed by atoms with Gasteiger partial charge in [0.25, 0.3) is 0 Å². The highest BCUT2D eigenvalue weighted by atomic mass is 16.2. The van der Waals surface area contributed by atoms with E-state index in [0.717, 1.165) is 13.1 Å². The van der Waals surface area contributed by atoms with Crippen molar-refractivity contribution in [3.8, 4) is 0 Å². The van der Waals surface area contributed by atoms with Crippen molar-refractivity contribution >= 4 is 5.91 Å². The Morgan fingerprint density at radius 2 is 1.86 bits per heavy atom. The van der Waals surface area contributed by atoms with Crippen LogP contribution in [0.15, 0.2) is 0 Å². The van der Waals surface area contributed by atoms with Gasteiger partial charge in [0.2, 0.25) is 5.91 Å². The summed E-state index contributed by atoms with van der Waals surface area (Å²) in [6, 6.07) is 0. The Morgan fingerprint density at radius 1 is 1.29 bits per heavy atom. The molecule has 0 aliphatic carbocycles. The lowest BCUT2D eigenvalue weighted by molar-refractivity contribution is -0.146. The second kappa shape index (κ2) is 3.54. The number of nitrogens with zero attached hydrogens (tertiary/aromatic N) is 2. The van der Waals surface area contributed by atoms with E-state index >= 15 is 0 Å². The van der Waals surface area contributed by atoms with Crippen molar-refractivity contribution in [1.29, 1.82) is 0 Å². The molecule has 2 heterocycles. The smallest absolute Gasteiger partial charge is 0.222 e. The van der Waals surface area contributed by atoms with Gasteiger partial charge in [-0.05, 0) is 33.0 Å². The van der Waals surface area contributed by atoms with E-state index in [-0.39, 0.29) is 0 Å². The Labute approximate surface area is 86.1 Å². The van der Waals surface area contributed by atoms with Gasteiger partial charge in [0.05, 0.1) is 0 Å². The van der Waals surface area contributed by atoms with Gasteiger partial charge in [-0.15, -0.1) is 0 Å². The Morgan fingerprint density at radius 3 is 2.36 bits per heavy atom. The molecule has 0 unspecified atom stereocenters. The maximum absolute atomic E-state index is 11.4. The predicted molar refractivity (Wildman–Crippen MR) is 56.0 cm³/mol. The van der Waals surface area contributed by atoms with Crippen molar-refractivity contribution in [2.24, 2.45) is 5.41 Å². The number of hydrogen-bond acceptors (Lipinski definition) is 2. The fourth-order valence-electron chi connectivity index (χ4n) is 2.57. The lowest BCUT2D eigenvalue weighted by atomic mass is 9.72. The minimum absolute atomic E-state index is 0.328. The molecule has 0 bridgehead atoms. The Balaban J connectivity index is 1.83. The van der Waals surface area contributed by atoms with Gasteiger partial charge in [-0.2, -0.15) is 0 Å². The van der Waals surface area contributed by atoms with Crippen molar-refractivity contribution in [3.63, 3.8) is 0 Å². The number of carbonyl (C=O) groups excluding carboxylic acids is 1. The average Bonchev–Trinajstić information content (AvgIpc) is 2.15. The summed E-state index contributed by atoms with van der Waals surface area (Å²) in [5.74, 6) is 0.328. The third-order valence-electron chi connectivity index (χ3n) is 3.76. The van der Waals surface area contributed by atoms with Gasteiger partial charge >= 0.3 is 0 Å². The van der Waals surface area contributed by atoms with E-state index in [9.17, 15) is 4.79 Å². The summed E-state index contributed by atoms with van der Waals surface area (Å²) in [4.78, 5) is 15.8.